The minimum Gasteiger partial charge on any atom is -0.341 e. The fraction of sp³-hybridized carbons (Fsp3) is 0.696. The van der Waals surface area contributed by atoms with Gasteiger partial charge in [-0.3, -0.25) is 0 Å². The third kappa shape index (κ3) is 5.22. The molecule has 4 bridgehead atoms. The molecule has 1 unspecified atom stereocenters. The predicted molar refractivity (Wildman–Crippen MR) is 117 cm³/mol. The molecule has 2 N–H and O–H groups in total. The topological polar surface area (TPSA) is 78.5 Å². The lowest BCUT2D eigenvalue weighted by molar-refractivity contribution is 0.0198. The Morgan fingerprint density at radius 1 is 1.00 bits per heavy atom. The summed E-state index contributed by atoms with van der Waals surface area (Å²) in [6.07, 6.45) is 11.0. The van der Waals surface area contributed by atoms with Crippen LogP contribution in [0.3, 0.4) is 0 Å². The largest absolute Gasteiger partial charge is 0.341 e. The molecule has 1 saturated heterocycles. The van der Waals surface area contributed by atoms with Crippen molar-refractivity contribution < 1.29 is 17.6 Å². The molecule has 0 radical (unpaired) electrons. The molecule has 4 aliphatic carbocycles. The van der Waals surface area contributed by atoms with E-state index in [1.165, 1.54) is 47.2 Å². The van der Waals surface area contributed by atoms with Crippen LogP contribution in [0.2, 0.25) is 0 Å². The van der Waals surface area contributed by atoms with Crippen LogP contribution in [0.4, 0.5) is 9.18 Å². The molecule has 8 heteroatoms. The van der Waals surface area contributed by atoms with Crippen LogP contribution in [0.25, 0.3) is 0 Å². The highest BCUT2D eigenvalue weighted by Crippen LogP contribution is 2.53. The zero-order chi connectivity index (χ0) is 22.0. The van der Waals surface area contributed by atoms with E-state index >= 15 is 0 Å². The second-order valence-electron chi connectivity index (χ2n) is 9.70. The van der Waals surface area contributed by atoms with Crippen molar-refractivity contribution in [3.63, 3.8) is 0 Å². The number of amides is 2. The maximum absolute atomic E-state index is 12.9. The Balaban J connectivity index is 0.000000188. The maximum Gasteiger partial charge on any atom is 0.314 e. The fourth-order valence-electron chi connectivity index (χ4n) is 6.35. The lowest BCUT2D eigenvalue weighted by atomic mass is 9.56. The van der Waals surface area contributed by atoms with Crippen molar-refractivity contribution in [3.05, 3.63) is 30.1 Å². The first-order chi connectivity index (χ1) is 14.8. The van der Waals surface area contributed by atoms with Gasteiger partial charge in [0.15, 0.2) is 0 Å². The smallest absolute Gasteiger partial charge is 0.314 e. The highest BCUT2D eigenvalue weighted by atomic mass is 32.2. The number of urea groups is 1. The molecule has 1 heterocycles. The molecule has 172 valence electrons. The number of hydrogen-bond donors (Lipinski definition) is 2. The number of carbonyl (C=O) groups excluding carboxylic acids is 1. The van der Waals surface area contributed by atoms with E-state index < -0.39 is 15.8 Å². The Morgan fingerprint density at radius 3 is 2.00 bits per heavy atom. The van der Waals surface area contributed by atoms with E-state index in [1.54, 1.807) is 38.5 Å². The minimum absolute atomic E-state index is 0.0655. The van der Waals surface area contributed by atoms with Gasteiger partial charge in [0.25, 0.3) is 0 Å². The van der Waals surface area contributed by atoms with Gasteiger partial charge in [0.05, 0.1) is 4.90 Å². The van der Waals surface area contributed by atoms with E-state index in [0.29, 0.717) is 13.0 Å². The van der Waals surface area contributed by atoms with E-state index in [4.69, 9.17) is 0 Å². The molecule has 1 aliphatic heterocycles. The van der Waals surface area contributed by atoms with Crippen LogP contribution in [-0.2, 0) is 10.0 Å². The molecule has 6 nitrogen and oxygen atoms in total. The van der Waals surface area contributed by atoms with Crippen LogP contribution in [0, 0.1) is 29.5 Å². The van der Waals surface area contributed by atoms with E-state index in [0.717, 1.165) is 18.6 Å². The third-order valence-electron chi connectivity index (χ3n) is 7.47. The molecular weight excluding hydrogens is 417 g/mol. The van der Waals surface area contributed by atoms with Crippen molar-refractivity contribution in [3.8, 4) is 0 Å². The standard InChI is InChI=1S/C13H18FN3O3S.C10H16/c1-15-13(18)16-9-11-3-2-8-17(11)21(19,20)12-6-4-10(14)5-7-12;1-7-2-9-4-8(1)5-10(3-7)6-9/h4-7,11H,2-3,8-9H2,1H3,(H2,15,16,18);7-10H,1-6H2. The Hall–Kier alpha value is -1.67. The quantitative estimate of drug-likeness (QED) is 0.732. The first-order valence-corrected chi connectivity index (χ1v) is 13.0. The SMILES string of the molecule is C1C2CC3CC1CC(C2)C3.CNC(=O)NCC1CCCN1S(=O)(=O)c1ccc(F)cc1. The van der Waals surface area contributed by atoms with Gasteiger partial charge in [-0.25, -0.2) is 17.6 Å². The summed E-state index contributed by atoms with van der Waals surface area (Å²) in [5.74, 6) is 4.23. The molecule has 1 aromatic rings. The van der Waals surface area contributed by atoms with Crippen LogP contribution >= 0.6 is 0 Å². The number of nitrogens with one attached hydrogen (secondary N) is 2. The lowest BCUT2D eigenvalue weighted by Crippen LogP contribution is -2.45. The van der Waals surface area contributed by atoms with Crippen molar-refractivity contribution in [1.82, 2.24) is 14.9 Å². The summed E-state index contributed by atoms with van der Waals surface area (Å²) in [7, 11) is -2.17. The van der Waals surface area contributed by atoms with Crippen molar-refractivity contribution in [2.24, 2.45) is 23.7 Å². The molecule has 2 amide bonds. The highest BCUT2D eigenvalue weighted by Gasteiger charge is 2.41. The molecule has 1 aromatic carbocycles. The number of nitrogens with zero attached hydrogens (tertiary/aromatic N) is 1. The Morgan fingerprint density at radius 2 is 1.52 bits per heavy atom. The summed E-state index contributed by atoms with van der Waals surface area (Å²) in [4.78, 5) is 11.3. The number of sulfonamides is 1. The van der Waals surface area contributed by atoms with Crippen LogP contribution in [0.15, 0.2) is 29.2 Å². The van der Waals surface area contributed by atoms with Crippen LogP contribution in [0.5, 0.6) is 0 Å². The van der Waals surface area contributed by atoms with E-state index in [-0.39, 0.29) is 23.5 Å². The zero-order valence-corrected chi connectivity index (χ0v) is 19.0. The second-order valence-corrected chi connectivity index (χ2v) is 11.6. The number of rotatable bonds is 4. The number of hydrogen-bond acceptors (Lipinski definition) is 3. The first kappa shape index (κ1) is 22.5. The summed E-state index contributed by atoms with van der Waals surface area (Å²) in [5.41, 5.74) is 0. The highest BCUT2D eigenvalue weighted by molar-refractivity contribution is 7.89. The number of halogens is 1. The molecule has 0 spiro atoms. The Kier molecular flexibility index (Phi) is 6.86. The van der Waals surface area contributed by atoms with Gasteiger partial charge < -0.3 is 10.6 Å². The number of benzene rings is 1. The average Bonchev–Trinajstić information content (AvgIpc) is 3.21. The van der Waals surface area contributed by atoms with E-state index in [2.05, 4.69) is 10.6 Å². The van der Waals surface area contributed by atoms with E-state index in [9.17, 15) is 17.6 Å². The third-order valence-corrected chi connectivity index (χ3v) is 9.43. The maximum atomic E-state index is 12.9. The first-order valence-electron chi connectivity index (χ1n) is 11.6. The van der Waals surface area contributed by atoms with Crippen LogP contribution in [-0.4, -0.2) is 44.9 Å². The van der Waals surface area contributed by atoms with Gasteiger partial charge in [0.1, 0.15) is 5.82 Å². The monoisotopic (exact) mass is 451 g/mol. The van der Waals surface area contributed by atoms with Crippen molar-refractivity contribution >= 4 is 16.1 Å². The summed E-state index contributed by atoms with van der Waals surface area (Å²) in [6, 6.07) is 4.14. The van der Waals surface area contributed by atoms with Crippen molar-refractivity contribution in [1.29, 1.82) is 0 Å². The van der Waals surface area contributed by atoms with Gasteiger partial charge in [-0.1, -0.05) is 0 Å². The van der Waals surface area contributed by atoms with Crippen molar-refractivity contribution in [2.75, 3.05) is 20.1 Å². The molecule has 0 aromatic heterocycles. The molecule has 6 rings (SSSR count). The predicted octanol–water partition coefficient (Wildman–Crippen LogP) is 3.74. The molecule has 31 heavy (non-hydrogen) atoms. The average molecular weight is 452 g/mol. The van der Waals surface area contributed by atoms with Gasteiger partial charge in [0.2, 0.25) is 10.0 Å². The Bertz CT molecular complexity index is 818. The molecule has 5 fully saturated rings. The summed E-state index contributed by atoms with van der Waals surface area (Å²) < 4.78 is 39.4. The number of carbonyl (C=O) groups is 1. The molecule has 4 saturated carbocycles. The van der Waals surface area contributed by atoms with E-state index in [1.807, 2.05) is 0 Å². The van der Waals surface area contributed by atoms with Gasteiger partial charge in [-0.15, -0.1) is 0 Å². The van der Waals surface area contributed by atoms with Gasteiger partial charge in [-0.05, 0) is 99.3 Å². The van der Waals surface area contributed by atoms with Gasteiger partial charge in [0, 0.05) is 26.2 Å². The van der Waals surface area contributed by atoms with Gasteiger partial charge in [-0.2, -0.15) is 4.31 Å². The lowest BCUT2D eigenvalue weighted by Gasteiger charge is -2.49. The Labute approximate surface area is 185 Å². The van der Waals surface area contributed by atoms with Crippen LogP contribution < -0.4 is 10.6 Å². The molecule has 1 atom stereocenters. The molecular formula is C23H34FN3O3S. The zero-order valence-electron chi connectivity index (χ0n) is 18.2. The second kappa shape index (κ2) is 9.45. The summed E-state index contributed by atoms with van der Waals surface area (Å²) >= 11 is 0. The summed E-state index contributed by atoms with van der Waals surface area (Å²) in [5, 5.41) is 5.04. The van der Waals surface area contributed by atoms with Gasteiger partial charge >= 0.3 is 6.03 Å². The summed E-state index contributed by atoms with van der Waals surface area (Å²) in [6.45, 7) is 0.653. The molecule has 5 aliphatic rings. The normalized spacial score (nSPS) is 31.7. The minimum atomic E-state index is -3.66. The van der Waals surface area contributed by atoms with Crippen LogP contribution in [0.1, 0.15) is 51.4 Å². The fourth-order valence-corrected chi connectivity index (χ4v) is 8.05. The van der Waals surface area contributed by atoms with Crippen molar-refractivity contribution in [2.45, 2.75) is 62.3 Å².